The molecule has 0 atom stereocenters. The molecule has 27 heavy (non-hydrogen) atoms. The molecular weight excluding hydrogens is 373 g/mol. The molecule has 0 aromatic carbocycles. The summed E-state index contributed by atoms with van der Waals surface area (Å²) in [6, 6.07) is 0. The van der Waals surface area contributed by atoms with E-state index in [0.717, 1.165) is 0 Å². The van der Waals surface area contributed by atoms with Gasteiger partial charge in [-0.05, 0) is 39.0 Å². The standard InChI is InChI=1S/C17H28N3O6P/c1-16(2,3)10-17(4,5)26-15(22)25-14(21)20-12-13(24-6)19-11(9-18-12)27(7,8)23/h9H,10H2,1-8H3,(H,18,20,21). The lowest BCUT2D eigenvalue weighted by atomic mass is 9.84. The number of carbonyl (C=O) groups excluding carboxylic acids is 2. The topological polar surface area (TPSA) is 117 Å². The number of ether oxygens (including phenoxy) is 3. The zero-order valence-electron chi connectivity index (χ0n) is 17.1. The van der Waals surface area contributed by atoms with Crippen LogP contribution in [0.1, 0.15) is 41.0 Å². The van der Waals surface area contributed by atoms with Gasteiger partial charge in [-0.3, -0.25) is 5.32 Å². The van der Waals surface area contributed by atoms with Crippen LogP contribution in [0.2, 0.25) is 0 Å². The Balaban J connectivity index is 2.77. The number of rotatable bonds is 5. The van der Waals surface area contributed by atoms with Crippen LogP contribution in [0.3, 0.4) is 0 Å². The van der Waals surface area contributed by atoms with Crippen molar-refractivity contribution < 1.29 is 28.4 Å². The van der Waals surface area contributed by atoms with E-state index in [1.54, 1.807) is 13.8 Å². The second-order valence-corrected chi connectivity index (χ2v) is 11.5. The van der Waals surface area contributed by atoms with Crippen molar-refractivity contribution in [1.82, 2.24) is 9.97 Å². The molecule has 1 N–H and O–H groups in total. The Morgan fingerprint density at radius 2 is 1.78 bits per heavy atom. The number of hydrogen-bond donors (Lipinski definition) is 1. The van der Waals surface area contributed by atoms with Crippen LogP contribution in [-0.2, 0) is 14.0 Å². The highest BCUT2D eigenvalue weighted by Crippen LogP contribution is 2.34. The molecular formula is C17H28N3O6P. The summed E-state index contributed by atoms with van der Waals surface area (Å²) in [6.07, 6.45) is -0.380. The van der Waals surface area contributed by atoms with Gasteiger partial charge in [-0.25, -0.2) is 19.6 Å². The molecule has 0 radical (unpaired) electrons. The quantitative estimate of drug-likeness (QED) is 0.452. The molecule has 1 aromatic rings. The van der Waals surface area contributed by atoms with Gasteiger partial charge in [0.15, 0.2) is 5.82 Å². The van der Waals surface area contributed by atoms with Crippen LogP contribution in [0.5, 0.6) is 5.88 Å². The lowest BCUT2D eigenvalue weighted by Gasteiger charge is -2.31. The number of amides is 1. The number of anilines is 1. The molecule has 0 aliphatic heterocycles. The summed E-state index contributed by atoms with van der Waals surface area (Å²) in [6.45, 7) is 12.6. The second kappa shape index (κ2) is 8.25. The molecule has 0 saturated carbocycles. The predicted molar refractivity (Wildman–Crippen MR) is 102 cm³/mol. The summed E-state index contributed by atoms with van der Waals surface area (Å²) in [5, 5.41) is 2.25. The smallest absolute Gasteiger partial charge is 0.478 e. The Hall–Kier alpha value is -2.15. The molecule has 152 valence electrons. The van der Waals surface area contributed by atoms with Gasteiger partial charge >= 0.3 is 12.2 Å². The predicted octanol–water partition coefficient (Wildman–Crippen LogP) is 3.63. The Morgan fingerprint density at radius 3 is 2.26 bits per heavy atom. The minimum atomic E-state index is -2.65. The fourth-order valence-corrected chi connectivity index (χ4v) is 3.28. The number of nitrogens with one attached hydrogen (secondary N) is 1. The largest absolute Gasteiger partial charge is 0.517 e. The fourth-order valence-electron chi connectivity index (χ4n) is 2.61. The van der Waals surface area contributed by atoms with E-state index in [1.807, 2.05) is 20.8 Å². The first kappa shape index (κ1) is 22.9. The molecule has 0 spiro atoms. The van der Waals surface area contributed by atoms with E-state index < -0.39 is 25.0 Å². The van der Waals surface area contributed by atoms with E-state index in [4.69, 9.17) is 9.47 Å². The maximum absolute atomic E-state index is 12.1. The third kappa shape index (κ3) is 7.95. The minimum Gasteiger partial charge on any atom is -0.478 e. The van der Waals surface area contributed by atoms with Crippen molar-refractivity contribution in [3.05, 3.63) is 6.20 Å². The van der Waals surface area contributed by atoms with Crippen molar-refractivity contribution in [2.75, 3.05) is 25.8 Å². The third-order valence-electron chi connectivity index (χ3n) is 3.19. The summed E-state index contributed by atoms with van der Waals surface area (Å²) >= 11 is 0. The fraction of sp³-hybridized carbons (Fsp3) is 0.647. The molecule has 0 aliphatic carbocycles. The van der Waals surface area contributed by atoms with Crippen LogP contribution in [-0.4, -0.2) is 48.3 Å². The summed E-state index contributed by atoms with van der Waals surface area (Å²) in [7, 11) is -1.32. The SMILES string of the molecule is COc1nc(P(C)(C)=O)cnc1NC(=O)OC(=O)OC(C)(C)CC(C)(C)C. The van der Waals surface area contributed by atoms with Gasteiger partial charge in [0.05, 0.1) is 13.3 Å². The molecule has 9 nitrogen and oxygen atoms in total. The molecule has 1 aromatic heterocycles. The summed E-state index contributed by atoms with van der Waals surface area (Å²) in [5.41, 5.74) is -0.631. The van der Waals surface area contributed by atoms with Crippen molar-refractivity contribution in [2.45, 2.75) is 46.6 Å². The van der Waals surface area contributed by atoms with Gasteiger partial charge in [0.1, 0.15) is 18.2 Å². The van der Waals surface area contributed by atoms with Crippen LogP contribution < -0.4 is 15.5 Å². The number of methoxy groups -OCH3 is 1. The highest BCUT2D eigenvalue weighted by Gasteiger charge is 2.31. The Bertz CT molecular complexity index is 752. The van der Waals surface area contributed by atoms with Crippen LogP contribution in [0.15, 0.2) is 6.20 Å². The molecule has 0 aliphatic rings. The summed E-state index contributed by atoms with van der Waals surface area (Å²) < 4.78 is 26.9. The van der Waals surface area contributed by atoms with E-state index in [0.29, 0.717) is 6.42 Å². The Labute approximate surface area is 159 Å². The van der Waals surface area contributed by atoms with Gasteiger partial charge in [-0.15, -0.1) is 0 Å². The van der Waals surface area contributed by atoms with Gasteiger partial charge in [0.2, 0.25) is 0 Å². The van der Waals surface area contributed by atoms with Crippen LogP contribution >= 0.6 is 7.14 Å². The minimum absolute atomic E-state index is 0.0465. The number of hydrogen-bond acceptors (Lipinski definition) is 8. The van der Waals surface area contributed by atoms with Crippen LogP contribution in [0.4, 0.5) is 15.4 Å². The zero-order valence-corrected chi connectivity index (χ0v) is 18.0. The molecule has 0 bridgehead atoms. The van der Waals surface area contributed by atoms with E-state index in [9.17, 15) is 14.2 Å². The molecule has 0 fully saturated rings. The molecule has 0 saturated heterocycles. The first-order valence-electron chi connectivity index (χ1n) is 8.31. The van der Waals surface area contributed by atoms with Crippen molar-refractivity contribution in [2.24, 2.45) is 5.41 Å². The van der Waals surface area contributed by atoms with Crippen LogP contribution in [0, 0.1) is 5.41 Å². The lowest BCUT2D eigenvalue weighted by molar-refractivity contribution is -0.0200. The molecule has 10 heteroatoms. The Morgan fingerprint density at radius 1 is 1.19 bits per heavy atom. The van der Waals surface area contributed by atoms with Gasteiger partial charge in [0, 0.05) is 0 Å². The van der Waals surface area contributed by atoms with E-state index >= 15 is 0 Å². The van der Waals surface area contributed by atoms with Crippen molar-refractivity contribution in [1.29, 1.82) is 0 Å². The number of aromatic nitrogens is 2. The normalized spacial score (nSPS) is 12.3. The van der Waals surface area contributed by atoms with Crippen molar-refractivity contribution in [3.63, 3.8) is 0 Å². The first-order valence-corrected chi connectivity index (χ1v) is 10.9. The monoisotopic (exact) mass is 401 g/mol. The van der Waals surface area contributed by atoms with Gasteiger partial charge in [0.25, 0.3) is 5.88 Å². The zero-order chi connectivity index (χ0) is 21.0. The van der Waals surface area contributed by atoms with E-state index in [2.05, 4.69) is 20.0 Å². The average molecular weight is 401 g/mol. The molecule has 1 amide bonds. The summed E-state index contributed by atoms with van der Waals surface area (Å²) in [5.74, 6) is -0.115. The van der Waals surface area contributed by atoms with Crippen LogP contribution in [0.25, 0.3) is 0 Å². The second-order valence-electron chi connectivity index (χ2n) is 8.30. The molecule has 0 unspecified atom stereocenters. The lowest BCUT2D eigenvalue weighted by Crippen LogP contribution is -2.34. The maximum Gasteiger partial charge on any atom is 0.517 e. The van der Waals surface area contributed by atoms with Gasteiger partial charge in [-0.2, -0.15) is 0 Å². The van der Waals surface area contributed by atoms with Crippen molar-refractivity contribution in [3.8, 4) is 5.88 Å². The average Bonchev–Trinajstić information content (AvgIpc) is 2.42. The number of carbonyl (C=O) groups is 2. The van der Waals surface area contributed by atoms with Gasteiger partial charge < -0.3 is 18.8 Å². The number of nitrogens with zero attached hydrogens (tertiary/aromatic N) is 2. The van der Waals surface area contributed by atoms with E-state index in [1.165, 1.54) is 26.6 Å². The first-order chi connectivity index (χ1) is 12.1. The summed E-state index contributed by atoms with van der Waals surface area (Å²) in [4.78, 5) is 31.8. The molecule has 1 heterocycles. The highest BCUT2D eigenvalue weighted by molar-refractivity contribution is 7.69. The molecule has 1 rings (SSSR count). The van der Waals surface area contributed by atoms with Gasteiger partial charge in [-0.1, -0.05) is 20.8 Å². The maximum atomic E-state index is 12.1. The van der Waals surface area contributed by atoms with E-state index in [-0.39, 0.29) is 22.5 Å². The Kier molecular flexibility index (Phi) is 6.99. The highest BCUT2D eigenvalue weighted by atomic mass is 31.2. The third-order valence-corrected chi connectivity index (χ3v) is 4.50. The van der Waals surface area contributed by atoms with Crippen molar-refractivity contribution >= 4 is 30.6 Å².